The zero-order chi connectivity index (χ0) is 21.7. The fourth-order valence-corrected chi connectivity index (χ4v) is 5.28. The second kappa shape index (κ2) is 11.0. The van der Waals surface area contributed by atoms with Gasteiger partial charge in [0.15, 0.2) is 11.5 Å². The van der Waals surface area contributed by atoms with E-state index in [9.17, 15) is 5.11 Å². The summed E-state index contributed by atoms with van der Waals surface area (Å²) in [6.45, 7) is 10.9. The van der Waals surface area contributed by atoms with Crippen LogP contribution in [0.4, 0.5) is 0 Å². The lowest BCUT2D eigenvalue weighted by Gasteiger charge is -2.48. The van der Waals surface area contributed by atoms with Crippen molar-refractivity contribution < 1.29 is 14.6 Å². The van der Waals surface area contributed by atoms with Gasteiger partial charge in [0.1, 0.15) is 0 Å². The molecular weight excluding hydrogens is 402 g/mol. The molecule has 7 heteroatoms. The maximum Gasteiger partial charge on any atom is 0.179 e. The van der Waals surface area contributed by atoms with Gasteiger partial charge in [0.2, 0.25) is 0 Å². The molecule has 170 valence electrons. The van der Waals surface area contributed by atoms with E-state index in [1.807, 2.05) is 12.1 Å². The Morgan fingerprint density at radius 1 is 1.10 bits per heavy atom. The van der Waals surface area contributed by atoms with Gasteiger partial charge in [-0.2, -0.15) is 0 Å². The number of benzene rings is 1. The first kappa shape index (κ1) is 23.6. The highest BCUT2D eigenvalue weighted by Crippen LogP contribution is 2.38. The molecular formula is C23H38ClN3O3. The number of halogens is 1. The largest absolute Gasteiger partial charge is 0.493 e. The number of aliphatic hydroxyl groups is 1. The van der Waals surface area contributed by atoms with Crippen molar-refractivity contribution in [3.63, 3.8) is 0 Å². The highest BCUT2D eigenvalue weighted by Gasteiger charge is 2.34. The van der Waals surface area contributed by atoms with Gasteiger partial charge in [-0.05, 0) is 57.8 Å². The summed E-state index contributed by atoms with van der Waals surface area (Å²) in [5.41, 5.74) is 1.05. The van der Waals surface area contributed by atoms with Crippen molar-refractivity contribution in [1.82, 2.24) is 14.7 Å². The number of hydrogen-bond acceptors (Lipinski definition) is 6. The molecule has 1 aromatic carbocycles. The summed E-state index contributed by atoms with van der Waals surface area (Å²) >= 11 is 6.61. The highest BCUT2D eigenvalue weighted by atomic mass is 35.5. The third kappa shape index (κ3) is 5.40. The molecule has 0 bridgehead atoms. The second-order valence-corrected chi connectivity index (χ2v) is 9.15. The number of likely N-dealkylation sites (tertiary alicyclic amines) is 1. The molecule has 0 aromatic heterocycles. The van der Waals surface area contributed by atoms with E-state index >= 15 is 0 Å². The molecule has 0 saturated carbocycles. The molecule has 0 aliphatic carbocycles. The van der Waals surface area contributed by atoms with Crippen molar-refractivity contribution in [2.75, 3.05) is 53.6 Å². The Balaban J connectivity index is 1.64. The summed E-state index contributed by atoms with van der Waals surface area (Å²) in [7, 11) is 3.24. The summed E-state index contributed by atoms with van der Waals surface area (Å²) in [5, 5.41) is 10.3. The maximum atomic E-state index is 9.69. The lowest BCUT2D eigenvalue weighted by Crippen LogP contribution is -2.58. The molecule has 1 atom stereocenters. The van der Waals surface area contributed by atoms with Crippen LogP contribution >= 0.6 is 11.6 Å². The van der Waals surface area contributed by atoms with Crippen LogP contribution in [0.3, 0.4) is 0 Å². The van der Waals surface area contributed by atoms with E-state index in [4.69, 9.17) is 21.1 Å². The van der Waals surface area contributed by atoms with Gasteiger partial charge in [-0.25, -0.2) is 0 Å². The van der Waals surface area contributed by atoms with Gasteiger partial charge in [0, 0.05) is 50.9 Å². The summed E-state index contributed by atoms with van der Waals surface area (Å²) in [6.07, 6.45) is 3.27. The Bertz CT molecular complexity index is 680. The van der Waals surface area contributed by atoms with E-state index in [1.54, 1.807) is 14.2 Å². The van der Waals surface area contributed by atoms with Crippen molar-refractivity contribution in [2.45, 2.75) is 57.8 Å². The van der Waals surface area contributed by atoms with Crippen LogP contribution in [0.25, 0.3) is 0 Å². The normalized spacial score (nSPS) is 22.6. The third-order valence-electron chi connectivity index (χ3n) is 6.73. The Hall–Kier alpha value is -1.05. The van der Waals surface area contributed by atoms with Crippen LogP contribution in [0.5, 0.6) is 11.5 Å². The Morgan fingerprint density at radius 3 is 2.43 bits per heavy atom. The van der Waals surface area contributed by atoms with Gasteiger partial charge in [-0.1, -0.05) is 17.7 Å². The average molecular weight is 440 g/mol. The number of aliphatic hydroxyl groups excluding tert-OH is 1. The molecule has 0 radical (unpaired) electrons. The van der Waals surface area contributed by atoms with Crippen molar-refractivity contribution >= 4 is 11.6 Å². The van der Waals surface area contributed by atoms with E-state index in [-0.39, 0.29) is 6.61 Å². The standard InChI is InChI=1S/C23H38ClN3O3/c1-17(2)26-10-7-19(8-11-26)27-13-12-25(16-20(27)9-14-28)15-18-5-6-21(29-3)23(30-4)22(18)24/h5-6,17,19-20,28H,7-16H2,1-4H3. The summed E-state index contributed by atoms with van der Waals surface area (Å²) in [5.74, 6) is 1.25. The topological polar surface area (TPSA) is 48.4 Å². The molecule has 6 nitrogen and oxygen atoms in total. The minimum Gasteiger partial charge on any atom is -0.493 e. The molecule has 1 aromatic rings. The Labute approximate surface area is 186 Å². The number of methoxy groups -OCH3 is 2. The summed E-state index contributed by atoms with van der Waals surface area (Å²) in [6, 6.07) is 5.59. The van der Waals surface area contributed by atoms with Crippen LogP contribution in [0.2, 0.25) is 5.02 Å². The fraction of sp³-hybridized carbons (Fsp3) is 0.739. The van der Waals surface area contributed by atoms with Crippen LogP contribution in [0.15, 0.2) is 12.1 Å². The van der Waals surface area contributed by atoms with E-state index in [0.717, 1.165) is 38.2 Å². The van der Waals surface area contributed by atoms with E-state index in [0.29, 0.717) is 34.6 Å². The Kier molecular flexibility index (Phi) is 8.66. The van der Waals surface area contributed by atoms with Gasteiger partial charge in [-0.15, -0.1) is 0 Å². The number of ether oxygens (including phenoxy) is 2. The van der Waals surface area contributed by atoms with Gasteiger partial charge < -0.3 is 19.5 Å². The molecule has 1 unspecified atom stereocenters. The molecule has 2 aliphatic rings. The van der Waals surface area contributed by atoms with Crippen molar-refractivity contribution in [3.8, 4) is 11.5 Å². The smallest absolute Gasteiger partial charge is 0.179 e. The van der Waals surface area contributed by atoms with Crippen molar-refractivity contribution in [1.29, 1.82) is 0 Å². The molecule has 0 spiro atoms. The molecule has 2 aliphatic heterocycles. The first-order valence-electron chi connectivity index (χ1n) is 11.2. The van der Waals surface area contributed by atoms with Crippen LogP contribution in [-0.4, -0.2) is 91.5 Å². The van der Waals surface area contributed by atoms with E-state index in [1.165, 1.54) is 25.9 Å². The third-order valence-corrected chi connectivity index (χ3v) is 7.15. The van der Waals surface area contributed by atoms with E-state index in [2.05, 4.69) is 28.5 Å². The molecule has 1 N–H and O–H groups in total. The average Bonchev–Trinajstić information content (AvgIpc) is 2.75. The van der Waals surface area contributed by atoms with Crippen molar-refractivity contribution in [2.24, 2.45) is 0 Å². The zero-order valence-corrected chi connectivity index (χ0v) is 19.7. The monoisotopic (exact) mass is 439 g/mol. The van der Waals surface area contributed by atoms with Gasteiger partial charge in [0.05, 0.1) is 19.2 Å². The lowest BCUT2D eigenvalue weighted by atomic mass is 9.97. The Morgan fingerprint density at radius 2 is 1.83 bits per heavy atom. The number of piperidine rings is 1. The van der Waals surface area contributed by atoms with Gasteiger partial charge in [-0.3, -0.25) is 9.80 Å². The SMILES string of the molecule is COc1ccc(CN2CCN(C3CCN(C(C)C)CC3)C(CCO)C2)c(Cl)c1OC. The number of nitrogens with zero attached hydrogens (tertiary/aromatic N) is 3. The molecule has 2 fully saturated rings. The summed E-state index contributed by atoms with van der Waals surface area (Å²) in [4.78, 5) is 7.70. The van der Waals surface area contributed by atoms with Crippen LogP contribution in [0, 0.1) is 0 Å². The molecule has 3 rings (SSSR count). The van der Waals surface area contributed by atoms with Gasteiger partial charge in [0.25, 0.3) is 0 Å². The first-order chi connectivity index (χ1) is 14.5. The molecule has 0 amide bonds. The fourth-order valence-electron chi connectivity index (χ4n) is 4.99. The minimum absolute atomic E-state index is 0.233. The minimum atomic E-state index is 0.233. The predicted molar refractivity (Wildman–Crippen MR) is 122 cm³/mol. The second-order valence-electron chi connectivity index (χ2n) is 8.77. The van der Waals surface area contributed by atoms with Crippen LogP contribution < -0.4 is 9.47 Å². The van der Waals surface area contributed by atoms with Crippen LogP contribution in [0.1, 0.15) is 38.7 Å². The van der Waals surface area contributed by atoms with Crippen molar-refractivity contribution in [3.05, 3.63) is 22.7 Å². The predicted octanol–water partition coefficient (Wildman–Crippen LogP) is 3.10. The summed E-state index contributed by atoms with van der Waals surface area (Å²) < 4.78 is 10.8. The van der Waals surface area contributed by atoms with Gasteiger partial charge >= 0.3 is 0 Å². The quantitative estimate of drug-likeness (QED) is 0.671. The first-order valence-corrected chi connectivity index (χ1v) is 11.6. The molecule has 2 saturated heterocycles. The highest BCUT2D eigenvalue weighted by molar-refractivity contribution is 6.33. The number of rotatable bonds is 8. The molecule has 2 heterocycles. The zero-order valence-electron chi connectivity index (χ0n) is 18.9. The lowest BCUT2D eigenvalue weighted by molar-refractivity contribution is -0.0000378. The number of hydrogen-bond donors (Lipinski definition) is 1. The van der Waals surface area contributed by atoms with Crippen LogP contribution in [-0.2, 0) is 6.54 Å². The maximum absolute atomic E-state index is 9.69. The number of piperazine rings is 1. The molecule has 30 heavy (non-hydrogen) atoms. The van der Waals surface area contributed by atoms with E-state index < -0.39 is 0 Å².